The Bertz CT molecular complexity index is 907. The average molecular weight is 378 g/mol. The van der Waals surface area contributed by atoms with Crippen molar-refractivity contribution >= 4 is 17.7 Å². The van der Waals surface area contributed by atoms with Crippen molar-refractivity contribution in [1.29, 1.82) is 0 Å². The van der Waals surface area contributed by atoms with E-state index in [0.29, 0.717) is 18.4 Å². The largest absolute Gasteiger partial charge is 0.325 e. The average Bonchev–Trinajstić information content (AvgIpc) is 2.98. The van der Waals surface area contributed by atoms with Gasteiger partial charge < -0.3 is 5.32 Å². The Morgan fingerprint density at radius 1 is 1.00 bits per heavy atom. The molecule has 0 spiro atoms. The minimum Gasteiger partial charge on any atom is -0.319 e. The lowest BCUT2D eigenvalue weighted by Gasteiger charge is -2.25. The SMILES string of the molecule is CCc1ccc(CC)c(C(=O)CN2C(=O)NC(CC)(c3ccccc3)C2=O)c1. The molecule has 1 saturated heterocycles. The predicted octanol–water partition coefficient (Wildman–Crippen LogP) is 3.85. The second-order valence-electron chi connectivity index (χ2n) is 7.07. The molecule has 3 amide bonds. The number of Topliss-reactive ketones (excluding diaryl/α,β-unsaturated/α-hetero) is 1. The van der Waals surface area contributed by atoms with Gasteiger partial charge in [-0.15, -0.1) is 0 Å². The fourth-order valence-electron chi connectivity index (χ4n) is 3.77. The lowest BCUT2D eigenvalue weighted by atomic mass is 9.87. The first-order valence-electron chi connectivity index (χ1n) is 9.81. The smallest absolute Gasteiger partial charge is 0.319 e. The zero-order chi connectivity index (χ0) is 20.3. The summed E-state index contributed by atoms with van der Waals surface area (Å²) in [6.07, 6.45) is 1.95. The van der Waals surface area contributed by atoms with Gasteiger partial charge in [0.15, 0.2) is 5.78 Å². The van der Waals surface area contributed by atoms with E-state index < -0.39 is 11.6 Å². The highest BCUT2D eigenvalue weighted by atomic mass is 16.2. The van der Waals surface area contributed by atoms with E-state index in [1.165, 1.54) is 0 Å². The van der Waals surface area contributed by atoms with Crippen LogP contribution in [0.25, 0.3) is 0 Å². The number of ketones is 1. The van der Waals surface area contributed by atoms with Gasteiger partial charge in [-0.2, -0.15) is 0 Å². The summed E-state index contributed by atoms with van der Waals surface area (Å²) in [6.45, 7) is 5.63. The highest BCUT2D eigenvalue weighted by Crippen LogP contribution is 2.32. The molecule has 0 bridgehead atoms. The van der Waals surface area contributed by atoms with Crippen LogP contribution < -0.4 is 5.32 Å². The molecule has 1 N–H and O–H groups in total. The van der Waals surface area contributed by atoms with Gasteiger partial charge in [0.05, 0.1) is 6.54 Å². The molecule has 1 atom stereocenters. The van der Waals surface area contributed by atoms with Crippen LogP contribution in [0.4, 0.5) is 4.79 Å². The van der Waals surface area contributed by atoms with Crippen LogP contribution in [0.1, 0.15) is 54.2 Å². The topological polar surface area (TPSA) is 66.5 Å². The molecule has 1 aliphatic heterocycles. The molecule has 0 aromatic heterocycles. The lowest BCUT2D eigenvalue weighted by Crippen LogP contribution is -2.43. The second-order valence-corrected chi connectivity index (χ2v) is 7.07. The van der Waals surface area contributed by atoms with Crippen LogP contribution in [0.2, 0.25) is 0 Å². The van der Waals surface area contributed by atoms with E-state index in [1.807, 2.05) is 69.3 Å². The van der Waals surface area contributed by atoms with E-state index in [9.17, 15) is 14.4 Å². The summed E-state index contributed by atoms with van der Waals surface area (Å²) in [4.78, 5) is 39.9. The second kappa shape index (κ2) is 7.97. The molecule has 1 fully saturated rings. The minimum absolute atomic E-state index is 0.212. The van der Waals surface area contributed by atoms with Gasteiger partial charge in [-0.05, 0) is 42.0 Å². The van der Waals surface area contributed by atoms with Crippen LogP contribution >= 0.6 is 0 Å². The van der Waals surface area contributed by atoms with Gasteiger partial charge in [-0.1, -0.05) is 63.2 Å². The van der Waals surface area contributed by atoms with Crippen molar-refractivity contribution in [1.82, 2.24) is 10.2 Å². The molecule has 1 aliphatic rings. The number of rotatable bonds is 7. The highest BCUT2D eigenvalue weighted by molar-refractivity contribution is 6.11. The molecule has 2 aromatic rings. The summed E-state index contributed by atoms with van der Waals surface area (Å²) in [6, 6.07) is 14.5. The van der Waals surface area contributed by atoms with Crippen molar-refractivity contribution in [3.63, 3.8) is 0 Å². The Kier molecular flexibility index (Phi) is 5.63. The Balaban J connectivity index is 1.90. The van der Waals surface area contributed by atoms with E-state index in [2.05, 4.69) is 5.32 Å². The number of nitrogens with one attached hydrogen (secondary N) is 1. The Hall–Kier alpha value is -2.95. The molecule has 1 unspecified atom stereocenters. The molecule has 0 aliphatic carbocycles. The summed E-state index contributed by atoms with van der Waals surface area (Å²) in [5.74, 6) is -0.583. The molecule has 2 aromatic carbocycles. The third-order valence-corrected chi connectivity index (χ3v) is 5.54. The number of hydrogen-bond acceptors (Lipinski definition) is 3. The molecule has 1 heterocycles. The Morgan fingerprint density at radius 2 is 1.71 bits per heavy atom. The maximum Gasteiger partial charge on any atom is 0.325 e. The standard InChI is InChI=1S/C23H26N2O3/c1-4-16-12-13-17(5-2)19(14-16)20(26)15-25-21(27)23(6-3,24-22(25)28)18-10-8-7-9-11-18/h7-14H,4-6,15H2,1-3H3,(H,24,28). The number of hydrogen-bond donors (Lipinski definition) is 1. The molecule has 28 heavy (non-hydrogen) atoms. The van der Waals surface area contributed by atoms with E-state index >= 15 is 0 Å². The maximum atomic E-state index is 13.2. The summed E-state index contributed by atoms with van der Waals surface area (Å²) in [5.41, 5.74) is 2.20. The third-order valence-electron chi connectivity index (χ3n) is 5.54. The molecule has 5 nitrogen and oxygen atoms in total. The zero-order valence-corrected chi connectivity index (χ0v) is 16.6. The normalized spacial score (nSPS) is 19.0. The van der Waals surface area contributed by atoms with Gasteiger partial charge in [-0.3, -0.25) is 14.5 Å². The van der Waals surface area contributed by atoms with Crippen LogP contribution in [0.5, 0.6) is 0 Å². The number of amides is 3. The number of urea groups is 1. The fourth-order valence-corrected chi connectivity index (χ4v) is 3.77. The van der Waals surface area contributed by atoms with E-state index in [0.717, 1.165) is 28.0 Å². The van der Waals surface area contributed by atoms with Crippen molar-refractivity contribution in [3.05, 3.63) is 70.8 Å². The summed E-state index contributed by atoms with van der Waals surface area (Å²) >= 11 is 0. The van der Waals surface area contributed by atoms with Crippen LogP contribution in [-0.4, -0.2) is 29.2 Å². The first-order chi connectivity index (χ1) is 13.5. The molecule has 5 heteroatoms. The molecule has 0 saturated carbocycles. The monoisotopic (exact) mass is 378 g/mol. The first kappa shape index (κ1) is 19.8. The van der Waals surface area contributed by atoms with Gasteiger partial charge in [-0.25, -0.2) is 4.79 Å². The highest BCUT2D eigenvalue weighted by Gasteiger charge is 2.51. The van der Waals surface area contributed by atoms with Gasteiger partial charge in [0, 0.05) is 5.56 Å². The van der Waals surface area contributed by atoms with Gasteiger partial charge in [0.2, 0.25) is 0 Å². The fraction of sp³-hybridized carbons (Fsp3) is 0.348. The van der Waals surface area contributed by atoms with Crippen LogP contribution in [0, 0.1) is 0 Å². The first-order valence-corrected chi connectivity index (χ1v) is 9.81. The third kappa shape index (κ3) is 3.33. The number of carbonyl (C=O) groups is 3. The molecule has 3 rings (SSSR count). The number of aryl methyl sites for hydroxylation is 2. The Labute approximate surface area is 165 Å². The van der Waals surface area contributed by atoms with E-state index in [-0.39, 0.29) is 18.2 Å². The summed E-state index contributed by atoms with van der Waals surface area (Å²) in [5, 5.41) is 2.83. The molecular weight excluding hydrogens is 352 g/mol. The number of carbonyl (C=O) groups excluding carboxylic acids is 3. The number of benzene rings is 2. The van der Waals surface area contributed by atoms with Crippen molar-refractivity contribution in [3.8, 4) is 0 Å². The van der Waals surface area contributed by atoms with Gasteiger partial charge >= 0.3 is 6.03 Å². The van der Waals surface area contributed by atoms with Crippen LogP contribution in [-0.2, 0) is 23.2 Å². The summed E-state index contributed by atoms with van der Waals surface area (Å²) < 4.78 is 0. The quantitative estimate of drug-likeness (QED) is 0.588. The Morgan fingerprint density at radius 3 is 2.32 bits per heavy atom. The van der Waals surface area contributed by atoms with Crippen molar-refractivity contribution < 1.29 is 14.4 Å². The van der Waals surface area contributed by atoms with Crippen LogP contribution in [0.3, 0.4) is 0 Å². The van der Waals surface area contributed by atoms with E-state index in [1.54, 1.807) is 0 Å². The van der Waals surface area contributed by atoms with Gasteiger partial charge in [0.1, 0.15) is 5.54 Å². The molecule has 0 radical (unpaired) electrons. The number of imide groups is 1. The molecular formula is C23H26N2O3. The number of nitrogens with zero attached hydrogens (tertiary/aromatic N) is 1. The summed E-state index contributed by atoms with van der Waals surface area (Å²) in [7, 11) is 0. The minimum atomic E-state index is -1.11. The predicted molar refractivity (Wildman–Crippen MR) is 108 cm³/mol. The van der Waals surface area contributed by atoms with Crippen LogP contribution in [0.15, 0.2) is 48.5 Å². The van der Waals surface area contributed by atoms with Crippen molar-refractivity contribution in [2.75, 3.05) is 6.54 Å². The zero-order valence-electron chi connectivity index (χ0n) is 16.6. The van der Waals surface area contributed by atoms with Crippen molar-refractivity contribution in [2.45, 2.75) is 45.6 Å². The van der Waals surface area contributed by atoms with E-state index in [4.69, 9.17) is 0 Å². The van der Waals surface area contributed by atoms with Gasteiger partial charge in [0.25, 0.3) is 5.91 Å². The lowest BCUT2D eigenvalue weighted by molar-refractivity contribution is -0.131. The molecule has 146 valence electrons. The maximum absolute atomic E-state index is 13.2. The van der Waals surface area contributed by atoms with Crippen molar-refractivity contribution in [2.24, 2.45) is 0 Å².